The first-order valence-corrected chi connectivity index (χ1v) is 7.62. The Morgan fingerprint density at radius 3 is 2.50 bits per heavy atom. The fraction of sp³-hybridized carbons (Fsp3) is 0.529. The van der Waals surface area contributed by atoms with E-state index in [0.717, 1.165) is 12.0 Å². The number of likely N-dealkylation sites (tertiary alicyclic amines) is 1. The number of carboxylic acid groups (broad SMARTS) is 1. The minimum atomic E-state index is -0.930. The number of hydrogen-bond donors (Lipinski definition) is 1. The third-order valence-electron chi connectivity index (χ3n) is 4.99. The fourth-order valence-corrected chi connectivity index (χ4v) is 3.19. The lowest BCUT2D eigenvalue weighted by Gasteiger charge is -2.30. The lowest BCUT2D eigenvalue weighted by molar-refractivity contribution is -0.151. The van der Waals surface area contributed by atoms with Crippen molar-refractivity contribution in [1.29, 1.82) is 0 Å². The van der Waals surface area contributed by atoms with Crippen LogP contribution in [0.3, 0.4) is 0 Å². The van der Waals surface area contributed by atoms with Crippen molar-refractivity contribution in [2.45, 2.75) is 39.8 Å². The van der Waals surface area contributed by atoms with Crippen LogP contribution in [0.25, 0.3) is 0 Å². The number of carbonyl (C=O) groups excluding carboxylic acids is 1. The third-order valence-corrected chi connectivity index (χ3v) is 4.99. The van der Waals surface area contributed by atoms with Crippen molar-refractivity contribution in [3.05, 3.63) is 35.9 Å². The Morgan fingerprint density at radius 1 is 1.36 bits per heavy atom. The second-order valence-electron chi connectivity index (χ2n) is 6.06. The van der Waals surface area contributed by atoms with Gasteiger partial charge in [-0.15, -0.1) is 0 Å². The minimum Gasteiger partial charge on any atom is -0.481 e. The Morgan fingerprint density at radius 2 is 2.00 bits per heavy atom. The van der Waals surface area contributed by atoms with E-state index < -0.39 is 23.5 Å². The molecule has 1 aromatic carbocycles. The van der Waals surface area contributed by atoms with Gasteiger partial charge < -0.3 is 14.7 Å². The smallest absolute Gasteiger partial charge is 0.410 e. The zero-order valence-corrected chi connectivity index (χ0v) is 13.3. The van der Waals surface area contributed by atoms with Crippen LogP contribution in [0.5, 0.6) is 0 Å². The summed E-state index contributed by atoms with van der Waals surface area (Å²) in [6.45, 7) is 6.08. The molecule has 1 aliphatic heterocycles. The Labute approximate surface area is 130 Å². The van der Waals surface area contributed by atoms with Crippen molar-refractivity contribution in [1.82, 2.24) is 4.90 Å². The summed E-state index contributed by atoms with van der Waals surface area (Å²) >= 11 is 0. The number of hydrogen-bond acceptors (Lipinski definition) is 3. The molecule has 1 saturated heterocycles. The van der Waals surface area contributed by atoms with E-state index in [9.17, 15) is 14.7 Å². The highest BCUT2D eigenvalue weighted by Crippen LogP contribution is 2.43. The molecular formula is C17H23NO4. The van der Waals surface area contributed by atoms with Crippen molar-refractivity contribution in [3.63, 3.8) is 0 Å². The first kappa shape index (κ1) is 16.3. The molecule has 22 heavy (non-hydrogen) atoms. The fourth-order valence-electron chi connectivity index (χ4n) is 3.19. The number of aliphatic carboxylic acids is 1. The molecule has 1 N–H and O–H groups in total. The molecular weight excluding hydrogens is 282 g/mol. The molecule has 0 aliphatic carbocycles. The lowest BCUT2D eigenvalue weighted by atomic mass is 9.74. The number of carboxylic acids is 1. The molecule has 5 nitrogen and oxygen atoms in total. The maximum atomic E-state index is 12.3. The van der Waals surface area contributed by atoms with E-state index in [1.54, 1.807) is 18.7 Å². The molecule has 0 radical (unpaired) electrons. The number of nitrogens with zero attached hydrogens (tertiary/aromatic N) is 1. The molecule has 5 heteroatoms. The molecule has 0 aromatic heterocycles. The lowest BCUT2D eigenvalue weighted by Crippen LogP contribution is -2.44. The van der Waals surface area contributed by atoms with Gasteiger partial charge in [0.2, 0.25) is 0 Å². The van der Waals surface area contributed by atoms with E-state index in [2.05, 4.69) is 0 Å². The van der Waals surface area contributed by atoms with Crippen molar-refractivity contribution < 1.29 is 19.4 Å². The average molecular weight is 305 g/mol. The highest BCUT2D eigenvalue weighted by atomic mass is 16.6. The zero-order valence-electron chi connectivity index (χ0n) is 13.3. The summed E-state index contributed by atoms with van der Waals surface area (Å²) in [6, 6.07) is 9.05. The Bertz CT molecular complexity index is 545. The maximum absolute atomic E-state index is 12.3. The van der Waals surface area contributed by atoms with Gasteiger partial charge in [0.15, 0.2) is 0 Å². The first-order chi connectivity index (χ1) is 10.4. The summed E-state index contributed by atoms with van der Waals surface area (Å²) in [5.74, 6) is -0.922. The summed E-state index contributed by atoms with van der Waals surface area (Å²) in [7, 11) is 0. The highest BCUT2D eigenvalue weighted by molar-refractivity contribution is 5.79. The van der Waals surface area contributed by atoms with Crippen molar-refractivity contribution >= 4 is 12.1 Å². The van der Waals surface area contributed by atoms with Crippen LogP contribution in [0.4, 0.5) is 4.79 Å². The Kier molecular flexibility index (Phi) is 4.74. The topological polar surface area (TPSA) is 66.8 Å². The number of rotatable bonds is 4. The van der Waals surface area contributed by atoms with E-state index in [1.165, 1.54) is 0 Å². The summed E-state index contributed by atoms with van der Waals surface area (Å²) < 4.78 is 5.34. The predicted molar refractivity (Wildman–Crippen MR) is 82.3 cm³/mol. The van der Waals surface area contributed by atoms with Crippen LogP contribution in [0.1, 0.15) is 32.8 Å². The number of amides is 1. The van der Waals surface area contributed by atoms with Crippen LogP contribution in [0.15, 0.2) is 30.3 Å². The van der Waals surface area contributed by atoms with E-state index in [0.29, 0.717) is 6.54 Å². The molecule has 120 valence electrons. The largest absolute Gasteiger partial charge is 0.481 e. The van der Waals surface area contributed by atoms with E-state index >= 15 is 0 Å². The molecule has 1 aliphatic rings. The minimum absolute atomic E-state index is 0.0655. The summed E-state index contributed by atoms with van der Waals surface area (Å²) in [4.78, 5) is 25.5. The van der Waals surface area contributed by atoms with E-state index in [1.807, 2.05) is 37.3 Å². The SMILES string of the molecule is CC[C@H]1CN(C(=O)OCc2ccccc2)C(C)[C@]1(C)C(=O)O. The van der Waals surface area contributed by atoms with Crippen LogP contribution in [0, 0.1) is 11.3 Å². The van der Waals surface area contributed by atoms with Crippen LogP contribution >= 0.6 is 0 Å². The number of benzene rings is 1. The summed E-state index contributed by atoms with van der Waals surface area (Å²) in [5.41, 5.74) is -0.0173. The molecule has 1 heterocycles. The standard InChI is InChI=1S/C17H23NO4/c1-4-14-10-18(12(2)17(14,3)15(19)20)16(21)22-11-13-8-6-5-7-9-13/h5-9,12,14H,4,10-11H2,1-3H3,(H,19,20)/t12?,14-,17-/m0/s1. The Balaban J connectivity index is 2.06. The van der Waals surface area contributed by atoms with Crippen molar-refractivity contribution in [2.75, 3.05) is 6.54 Å². The van der Waals surface area contributed by atoms with Gasteiger partial charge in [0, 0.05) is 12.6 Å². The third kappa shape index (κ3) is 2.80. The molecule has 1 aromatic rings. The van der Waals surface area contributed by atoms with E-state index in [-0.39, 0.29) is 12.5 Å². The van der Waals surface area contributed by atoms with Gasteiger partial charge in [0.25, 0.3) is 0 Å². The first-order valence-electron chi connectivity index (χ1n) is 7.62. The monoisotopic (exact) mass is 305 g/mol. The second-order valence-corrected chi connectivity index (χ2v) is 6.06. The van der Waals surface area contributed by atoms with E-state index in [4.69, 9.17) is 4.74 Å². The van der Waals surface area contributed by atoms with Crippen LogP contribution in [-0.4, -0.2) is 34.7 Å². The quantitative estimate of drug-likeness (QED) is 0.928. The van der Waals surface area contributed by atoms with Gasteiger partial charge in [-0.1, -0.05) is 43.7 Å². The van der Waals surface area contributed by atoms with Gasteiger partial charge in [0.1, 0.15) is 6.61 Å². The summed E-state index contributed by atoms with van der Waals surface area (Å²) in [6.07, 6.45) is 0.273. The van der Waals surface area contributed by atoms with Gasteiger partial charge in [-0.3, -0.25) is 4.79 Å². The molecule has 1 amide bonds. The molecule has 1 fully saturated rings. The summed E-state index contributed by atoms with van der Waals surface area (Å²) in [5, 5.41) is 9.57. The molecule has 2 rings (SSSR count). The normalized spacial score (nSPS) is 27.7. The Hall–Kier alpha value is -2.04. The van der Waals surface area contributed by atoms with Gasteiger partial charge in [-0.05, 0) is 25.3 Å². The molecule has 1 unspecified atom stereocenters. The number of ether oxygens (including phenoxy) is 1. The number of carbonyl (C=O) groups is 2. The molecule has 0 saturated carbocycles. The van der Waals surface area contributed by atoms with Crippen LogP contribution in [-0.2, 0) is 16.1 Å². The highest BCUT2D eigenvalue weighted by Gasteiger charge is 2.55. The second kappa shape index (κ2) is 6.38. The van der Waals surface area contributed by atoms with Crippen LogP contribution in [0.2, 0.25) is 0 Å². The maximum Gasteiger partial charge on any atom is 0.410 e. The predicted octanol–water partition coefficient (Wildman–Crippen LogP) is 3.14. The average Bonchev–Trinajstić information content (AvgIpc) is 2.79. The van der Waals surface area contributed by atoms with Gasteiger partial charge in [-0.25, -0.2) is 4.79 Å². The van der Waals surface area contributed by atoms with Gasteiger partial charge in [-0.2, -0.15) is 0 Å². The van der Waals surface area contributed by atoms with Gasteiger partial charge in [0.05, 0.1) is 5.41 Å². The molecule has 0 bridgehead atoms. The van der Waals surface area contributed by atoms with Crippen LogP contribution < -0.4 is 0 Å². The van der Waals surface area contributed by atoms with Crippen molar-refractivity contribution in [2.24, 2.45) is 11.3 Å². The van der Waals surface area contributed by atoms with Crippen molar-refractivity contribution in [3.8, 4) is 0 Å². The molecule has 0 spiro atoms. The molecule has 3 atom stereocenters. The van der Waals surface area contributed by atoms with Gasteiger partial charge >= 0.3 is 12.1 Å². The zero-order chi connectivity index (χ0) is 16.3.